The third-order valence-corrected chi connectivity index (χ3v) is 6.52. The second-order valence-electron chi connectivity index (χ2n) is 8.45. The summed E-state index contributed by atoms with van der Waals surface area (Å²) < 4.78 is 7.17. The number of hydrogen-bond acceptors (Lipinski definition) is 7. The Kier molecular flexibility index (Phi) is 5.94. The van der Waals surface area contributed by atoms with Gasteiger partial charge in [0.15, 0.2) is 0 Å². The average Bonchev–Trinajstić information content (AvgIpc) is 3.63. The van der Waals surface area contributed by atoms with E-state index in [1.165, 1.54) is 6.33 Å². The lowest BCUT2D eigenvalue weighted by Gasteiger charge is -2.24. The highest BCUT2D eigenvalue weighted by Crippen LogP contribution is 2.36. The molecule has 170 valence electrons. The third-order valence-electron chi connectivity index (χ3n) is 6.52. The van der Waals surface area contributed by atoms with Crippen molar-refractivity contribution in [1.29, 1.82) is 10.5 Å². The number of ether oxygens (including phenoxy) is 1. The summed E-state index contributed by atoms with van der Waals surface area (Å²) in [5, 5.41) is 24.9. The molecule has 5 rings (SSSR count). The lowest BCUT2D eigenvalue weighted by molar-refractivity contribution is 0.184. The Labute approximate surface area is 197 Å². The van der Waals surface area contributed by atoms with Crippen LogP contribution in [0.2, 0.25) is 0 Å². The number of benzene rings is 1. The minimum Gasteiger partial charge on any atom is -0.380 e. The van der Waals surface area contributed by atoms with Crippen LogP contribution in [0.3, 0.4) is 0 Å². The van der Waals surface area contributed by atoms with Crippen LogP contribution in [0, 0.1) is 28.6 Å². The lowest BCUT2D eigenvalue weighted by Crippen LogP contribution is -2.25. The van der Waals surface area contributed by atoms with Crippen molar-refractivity contribution < 1.29 is 4.74 Å². The Morgan fingerprint density at radius 3 is 3.00 bits per heavy atom. The fraction of sp³-hybridized carbons (Fsp3) is 0.320. The quantitative estimate of drug-likeness (QED) is 0.453. The van der Waals surface area contributed by atoms with Crippen molar-refractivity contribution in [3.05, 3.63) is 60.3 Å². The van der Waals surface area contributed by atoms with E-state index < -0.39 is 0 Å². The number of aromatic amines is 1. The van der Waals surface area contributed by atoms with E-state index in [9.17, 15) is 10.5 Å². The summed E-state index contributed by atoms with van der Waals surface area (Å²) in [5.74, 6) is 0.225. The van der Waals surface area contributed by atoms with Crippen molar-refractivity contribution in [2.24, 2.45) is 5.92 Å². The van der Waals surface area contributed by atoms with Gasteiger partial charge in [0.2, 0.25) is 0 Å². The number of hydrogen-bond donors (Lipinski definition) is 1. The van der Waals surface area contributed by atoms with Crippen LogP contribution in [0.5, 0.6) is 0 Å². The maximum Gasteiger partial charge on any atom is 0.141 e. The molecule has 0 radical (unpaired) electrons. The zero-order valence-electron chi connectivity index (χ0n) is 18.8. The van der Waals surface area contributed by atoms with E-state index in [0.29, 0.717) is 18.6 Å². The molecule has 4 aromatic rings. The minimum absolute atomic E-state index is 0.0694. The highest BCUT2D eigenvalue weighted by molar-refractivity contribution is 5.89. The van der Waals surface area contributed by atoms with Crippen LogP contribution in [0.1, 0.15) is 30.0 Å². The van der Waals surface area contributed by atoms with Crippen LogP contribution in [-0.4, -0.2) is 44.9 Å². The largest absolute Gasteiger partial charge is 0.380 e. The molecule has 0 aliphatic carbocycles. The summed E-state index contributed by atoms with van der Waals surface area (Å²) in [4.78, 5) is 14.1. The monoisotopic (exact) mass is 452 g/mol. The first-order valence-electron chi connectivity index (χ1n) is 11.2. The van der Waals surface area contributed by atoms with E-state index >= 15 is 0 Å². The molecule has 2 atom stereocenters. The standard InChI is InChI=1S/C25H24N8O/c1-34-15-18-3-2-4-23(21(18)11-27)32-10-7-17(13-32)22(5-8-26)33-14-19(12-31-33)24-20-6-9-28-25(20)30-16-29-24/h2-4,6,9,12,14,16-17,22H,5,7,10,13,15H2,1H3,(H,28,29,30)/t17-,22-/m0/s1. The number of nitriles is 2. The summed E-state index contributed by atoms with van der Waals surface area (Å²) in [7, 11) is 1.63. The maximum atomic E-state index is 9.79. The van der Waals surface area contributed by atoms with Gasteiger partial charge in [0.05, 0.1) is 48.3 Å². The molecular formula is C25H24N8O. The molecule has 4 heterocycles. The van der Waals surface area contributed by atoms with Gasteiger partial charge in [0.25, 0.3) is 0 Å². The second-order valence-corrected chi connectivity index (χ2v) is 8.45. The zero-order chi connectivity index (χ0) is 23.5. The topological polar surface area (TPSA) is 119 Å². The molecule has 34 heavy (non-hydrogen) atoms. The van der Waals surface area contributed by atoms with Gasteiger partial charge in [0.1, 0.15) is 18.0 Å². The molecule has 1 aliphatic rings. The smallest absolute Gasteiger partial charge is 0.141 e. The van der Waals surface area contributed by atoms with Gasteiger partial charge in [0, 0.05) is 49.5 Å². The van der Waals surface area contributed by atoms with Gasteiger partial charge < -0.3 is 14.6 Å². The minimum atomic E-state index is -0.0694. The predicted molar refractivity (Wildman–Crippen MR) is 127 cm³/mol. The van der Waals surface area contributed by atoms with Crippen LogP contribution in [0.25, 0.3) is 22.3 Å². The Bertz CT molecular complexity index is 1390. The first-order chi connectivity index (χ1) is 16.7. The number of methoxy groups -OCH3 is 1. The Hall–Kier alpha value is -4.21. The highest BCUT2D eigenvalue weighted by Gasteiger charge is 2.32. The predicted octanol–water partition coefficient (Wildman–Crippen LogP) is 3.82. The summed E-state index contributed by atoms with van der Waals surface area (Å²) in [6, 6.07) is 12.5. The SMILES string of the molecule is COCc1cccc(N2CC[C@H]([C@H](CC#N)n3cc(-c4ncnc5[nH]ccc45)cn3)C2)c1C#N. The number of rotatable bonds is 7. The van der Waals surface area contributed by atoms with Crippen molar-refractivity contribution in [2.45, 2.75) is 25.5 Å². The van der Waals surface area contributed by atoms with E-state index in [1.807, 2.05) is 41.3 Å². The van der Waals surface area contributed by atoms with Crippen molar-refractivity contribution in [3.8, 4) is 23.4 Å². The summed E-state index contributed by atoms with van der Waals surface area (Å²) in [6.45, 7) is 1.97. The molecular weight excluding hydrogens is 428 g/mol. The molecule has 9 nitrogen and oxygen atoms in total. The highest BCUT2D eigenvalue weighted by atomic mass is 16.5. The fourth-order valence-corrected chi connectivity index (χ4v) is 4.89. The van der Waals surface area contributed by atoms with Crippen LogP contribution >= 0.6 is 0 Å². The average molecular weight is 453 g/mol. The molecule has 1 saturated heterocycles. The van der Waals surface area contributed by atoms with E-state index in [4.69, 9.17) is 4.74 Å². The fourth-order valence-electron chi connectivity index (χ4n) is 4.89. The van der Waals surface area contributed by atoms with Gasteiger partial charge in [-0.15, -0.1) is 0 Å². The van der Waals surface area contributed by atoms with Gasteiger partial charge in [-0.25, -0.2) is 9.97 Å². The number of anilines is 1. The molecule has 1 N–H and O–H groups in total. The molecule has 1 fully saturated rings. The van der Waals surface area contributed by atoms with E-state index in [2.05, 4.69) is 37.1 Å². The molecule has 0 amide bonds. The van der Waals surface area contributed by atoms with Crippen molar-refractivity contribution in [1.82, 2.24) is 24.7 Å². The summed E-state index contributed by atoms with van der Waals surface area (Å²) in [5.41, 5.74) is 4.95. The molecule has 1 aliphatic heterocycles. The summed E-state index contributed by atoms with van der Waals surface area (Å²) >= 11 is 0. The molecule has 9 heteroatoms. The molecule has 1 aromatic carbocycles. The van der Waals surface area contributed by atoms with E-state index in [-0.39, 0.29) is 12.0 Å². The van der Waals surface area contributed by atoms with E-state index in [1.54, 1.807) is 13.3 Å². The zero-order valence-corrected chi connectivity index (χ0v) is 18.8. The van der Waals surface area contributed by atoms with Gasteiger partial charge in [-0.2, -0.15) is 15.6 Å². The van der Waals surface area contributed by atoms with Crippen molar-refractivity contribution >= 4 is 16.7 Å². The second kappa shape index (κ2) is 9.34. The van der Waals surface area contributed by atoms with Gasteiger partial charge in [-0.3, -0.25) is 4.68 Å². The molecule has 0 saturated carbocycles. The molecule has 0 spiro atoms. The number of H-pyrrole nitrogens is 1. The van der Waals surface area contributed by atoms with Crippen LogP contribution in [0.15, 0.2) is 49.2 Å². The van der Waals surface area contributed by atoms with Crippen molar-refractivity contribution in [3.63, 3.8) is 0 Å². The Morgan fingerprint density at radius 2 is 2.18 bits per heavy atom. The van der Waals surface area contributed by atoms with Crippen LogP contribution in [-0.2, 0) is 11.3 Å². The lowest BCUT2D eigenvalue weighted by atomic mass is 9.96. The first kappa shape index (κ1) is 21.6. The molecule has 0 unspecified atom stereocenters. The number of nitrogens with zero attached hydrogens (tertiary/aromatic N) is 7. The van der Waals surface area contributed by atoms with Crippen molar-refractivity contribution in [2.75, 3.05) is 25.1 Å². The van der Waals surface area contributed by atoms with Crippen LogP contribution in [0.4, 0.5) is 5.69 Å². The molecule has 3 aromatic heterocycles. The molecule has 0 bridgehead atoms. The maximum absolute atomic E-state index is 9.79. The number of aromatic nitrogens is 5. The Balaban J connectivity index is 1.41. The van der Waals surface area contributed by atoms with Crippen LogP contribution < -0.4 is 4.90 Å². The van der Waals surface area contributed by atoms with E-state index in [0.717, 1.165) is 53.1 Å². The summed E-state index contributed by atoms with van der Waals surface area (Å²) in [6.07, 6.45) is 8.43. The Morgan fingerprint density at radius 1 is 1.26 bits per heavy atom. The van der Waals surface area contributed by atoms with Gasteiger partial charge in [-0.05, 0) is 24.1 Å². The third kappa shape index (κ3) is 3.87. The van der Waals surface area contributed by atoms with Gasteiger partial charge in [-0.1, -0.05) is 12.1 Å². The van der Waals surface area contributed by atoms with Gasteiger partial charge >= 0.3 is 0 Å². The number of nitrogens with one attached hydrogen (secondary N) is 1. The normalized spacial score (nSPS) is 16.4. The first-order valence-corrected chi connectivity index (χ1v) is 11.2. The number of fused-ring (bicyclic) bond motifs is 1.